The highest BCUT2D eigenvalue weighted by atomic mass is 19.1. The number of amides is 1. The molecule has 110 valence electrons. The van der Waals surface area contributed by atoms with Gasteiger partial charge in [-0.2, -0.15) is 0 Å². The second kappa shape index (κ2) is 6.39. The third kappa shape index (κ3) is 4.05. The average Bonchev–Trinajstić information content (AvgIpc) is 2.42. The zero-order valence-electron chi connectivity index (χ0n) is 12.4. The third-order valence-electron chi connectivity index (χ3n) is 3.25. The lowest BCUT2D eigenvalue weighted by Crippen LogP contribution is -2.09. The number of halogens is 1. The molecule has 2 aromatic carbocycles. The second-order valence-corrected chi connectivity index (χ2v) is 5.14. The fourth-order valence-electron chi connectivity index (χ4n) is 2.16. The van der Waals surface area contributed by atoms with E-state index in [4.69, 9.17) is 0 Å². The van der Waals surface area contributed by atoms with Gasteiger partial charge in [-0.25, -0.2) is 4.39 Å². The maximum Gasteiger partial charge on any atom is 0.221 e. The Bertz CT molecular complexity index is 655. The number of hydrogen-bond donors (Lipinski definition) is 2. The van der Waals surface area contributed by atoms with Crippen molar-refractivity contribution >= 4 is 17.3 Å². The van der Waals surface area contributed by atoms with Crippen LogP contribution in [0.2, 0.25) is 0 Å². The maximum absolute atomic E-state index is 13.3. The monoisotopic (exact) mass is 286 g/mol. The van der Waals surface area contributed by atoms with Crippen molar-refractivity contribution in [2.75, 3.05) is 10.6 Å². The zero-order chi connectivity index (χ0) is 15.4. The smallest absolute Gasteiger partial charge is 0.221 e. The summed E-state index contributed by atoms with van der Waals surface area (Å²) in [7, 11) is 0. The Balaban J connectivity index is 2.14. The van der Waals surface area contributed by atoms with E-state index in [2.05, 4.69) is 10.6 Å². The Morgan fingerprint density at radius 1 is 1.14 bits per heavy atom. The van der Waals surface area contributed by atoms with Crippen LogP contribution in [0.4, 0.5) is 15.8 Å². The van der Waals surface area contributed by atoms with E-state index in [1.54, 1.807) is 19.1 Å². The van der Waals surface area contributed by atoms with Gasteiger partial charge in [0.05, 0.1) is 0 Å². The molecule has 0 spiro atoms. The zero-order valence-corrected chi connectivity index (χ0v) is 12.4. The Morgan fingerprint density at radius 3 is 2.57 bits per heavy atom. The van der Waals surface area contributed by atoms with E-state index in [0.29, 0.717) is 5.56 Å². The van der Waals surface area contributed by atoms with E-state index in [-0.39, 0.29) is 17.8 Å². The van der Waals surface area contributed by atoms with Crippen LogP contribution < -0.4 is 10.6 Å². The lowest BCUT2D eigenvalue weighted by Gasteiger charge is -2.17. The lowest BCUT2D eigenvalue weighted by atomic mass is 10.1. The molecule has 0 saturated heterocycles. The van der Waals surface area contributed by atoms with Crippen molar-refractivity contribution in [3.05, 3.63) is 59.4 Å². The quantitative estimate of drug-likeness (QED) is 0.881. The molecule has 0 aliphatic rings. The molecule has 4 heteroatoms. The molecule has 0 aromatic heterocycles. The van der Waals surface area contributed by atoms with Crippen LogP contribution in [-0.2, 0) is 4.79 Å². The first-order valence-electron chi connectivity index (χ1n) is 6.86. The van der Waals surface area contributed by atoms with Gasteiger partial charge in [0.25, 0.3) is 0 Å². The van der Waals surface area contributed by atoms with E-state index >= 15 is 0 Å². The molecule has 0 bridgehead atoms. The van der Waals surface area contributed by atoms with Crippen LogP contribution in [0, 0.1) is 12.7 Å². The highest BCUT2D eigenvalue weighted by Crippen LogP contribution is 2.23. The highest BCUT2D eigenvalue weighted by Gasteiger charge is 2.07. The van der Waals surface area contributed by atoms with Gasteiger partial charge in [-0.15, -0.1) is 0 Å². The first kappa shape index (κ1) is 15.0. The molecule has 2 N–H and O–H groups in total. The molecule has 1 unspecified atom stereocenters. The molecule has 1 amide bonds. The Labute approximate surface area is 124 Å². The van der Waals surface area contributed by atoms with Gasteiger partial charge in [-0.05, 0) is 55.3 Å². The van der Waals surface area contributed by atoms with Crippen LogP contribution in [0.5, 0.6) is 0 Å². The van der Waals surface area contributed by atoms with E-state index in [0.717, 1.165) is 16.9 Å². The molecule has 0 aliphatic heterocycles. The standard InChI is InChI=1S/C17H19FN2O/c1-11-9-16(7-8-17(11)18)19-12(2)14-5-4-6-15(10-14)20-13(3)21/h4-10,12,19H,1-3H3,(H,20,21). The Kier molecular flexibility index (Phi) is 4.58. The van der Waals surface area contributed by atoms with Crippen LogP contribution in [0.3, 0.4) is 0 Å². The number of carbonyl (C=O) groups is 1. The summed E-state index contributed by atoms with van der Waals surface area (Å²) >= 11 is 0. The van der Waals surface area contributed by atoms with E-state index < -0.39 is 0 Å². The van der Waals surface area contributed by atoms with Crippen LogP contribution in [0.1, 0.15) is 31.0 Å². The minimum absolute atomic E-state index is 0.0450. The summed E-state index contributed by atoms with van der Waals surface area (Å²) in [6.45, 7) is 5.24. The van der Waals surface area contributed by atoms with Crippen molar-refractivity contribution in [2.45, 2.75) is 26.8 Å². The van der Waals surface area contributed by atoms with E-state index in [1.807, 2.05) is 31.2 Å². The van der Waals surface area contributed by atoms with E-state index in [1.165, 1.54) is 13.0 Å². The van der Waals surface area contributed by atoms with Crippen molar-refractivity contribution in [1.29, 1.82) is 0 Å². The van der Waals surface area contributed by atoms with Crippen LogP contribution in [0.25, 0.3) is 0 Å². The maximum atomic E-state index is 13.3. The molecule has 1 atom stereocenters. The van der Waals surface area contributed by atoms with Gasteiger partial charge in [-0.3, -0.25) is 4.79 Å². The Hall–Kier alpha value is -2.36. The molecule has 0 radical (unpaired) electrons. The highest BCUT2D eigenvalue weighted by molar-refractivity contribution is 5.88. The van der Waals surface area contributed by atoms with Gasteiger partial charge in [0.1, 0.15) is 5.82 Å². The van der Waals surface area contributed by atoms with Crippen molar-refractivity contribution in [3.8, 4) is 0 Å². The molecule has 21 heavy (non-hydrogen) atoms. The van der Waals surface area contributed by atoms with Gasteiger partial charge in [-0.1, -0.05) is 12.1 Å². The minimum atomic E-state index is -0.208. The SMILES string of the molecule is CC(=O)Nc1cccc(C(C)Nc2ccc(F)c(C)c2)c1. The molecule has 0 saturated carbocycles. The van der Waals surface area contributed by atoms with Gasteiger partial charge in [0.2, 0.25) is 5.91 Å². The number of benzene rings is 2. The lowest BCUT2D eigenvalue weighted by molar-refractivity contribution is -0.114. The summed E-state index contributed by atoms with van der Waals surface area (Å²) in [5.74, 6) is -0.303. The summed E-state index contributed by atoms with van der Waals surface area (Å²) in [5.41, 5.74) is 3.29. The number of rotatable bonds is 4. The number of carbonyl (C=O) groups excluding carboxylic acids is 1. The second-order valence-electron chi connectivity index (χ2n) is 5.14. The predicted molar refractivity (Wildman–Crippen MR) is 83.9 cm³/mol. The van der Waals surface area contributed by atoms with Crippen LogP contribution in [-0.4, -0.2) is 5.91 Å². The number of nitrogens with one attached hydrogen (secondary N) is 2. The van der Waals surface area contributed by atoms with Crippen LogP contribution in [0.15, 0.2) is 42.5 Å². The minimum Gasteiger partial charge on any atom is -0.379 e. The van der Waals surface area contributed by atoms with Gasteiger partial charge in [0.15, 0.2) is 0 Å². The van der Waals surface area contributed by atoms with Crippen molar-refractivity contribution in [2.24, 2.45) is 0 Å². The molecular weight excluding hydrogens is 267 g/mol. The van der Waals surface area contributed by atoms with Gasteiger partial charge < -0.3 is 10.6 Å². The fourth-order valence-corrected chi connectivity index (χ4v) is 2.16. The van der Waals surface area contributed by atoms with Gasteiger partial charge >= 0.3 is 0 Å². The molecule has 0 fully saturated rings. The largest absolute Gasteiger partial charge is 0.379 e. The molecular formula is C17H19FN2O. The molecule has 2 aromatic rings. The van der Waals surface area contributed by atoms with Crippen molar-refractivity contribution in [3.63, 3.8) is 0 Å². The van der Waals surface area contributed by atoms with Crippen LogP contribution >= 0.6 is 0 Å². The Morgan fingerprint density at radius 2 is 1.90 bits per heavy atom. The fraction of sp³-hybridized carbons (Fsp3) is 0.235. The topological polar surface area (TPSA) is 41.1 Å². The first-order chi connectivity index (χ1) is 9.95. The number of anilines is 2. The third-order valence-corrected chi connectivity index (χ3v) is 3.25. The molecule has 0 heterocycles. The average molecular weight is 286 g/mol. The summed E-state index contributed by atoms with van der Waals surface area (Å²) in [4.78, 5) is 11.1. The molecule has 2 rings (SSSR count). The van der Waals surface area contributed by atoms with Gasteiger partial charge in [0, 0.05) is 24.3 Å². The summed E-state index contributed by atoms with van der Waals surface area (Å²) in [6, 6.07) is 12.7. The van der Waals surface area contributed by atoms with E-state index in [9.17, 15) is 9.18 Å². The number of aryl methyl sites for hydroxylation is 1. The summed E-state index contributed by atoms with van der Waals surface area (Å²) in [6.07, 6.45) is 0. The summed E-state index contributed by atoms with van der Waals surface area (Å²) in [5, 5.41) is 6.09. The number of hydrogen-bond acceptors (Lipinski definition) is 2. The van der Waals surface area contributed by atoms with Crippen molar-refractivity contribution in [1.82, 2.24) is 0 Å². The molecule has 3 nitrogen and oxygen atoms in total. The normalized spacial score (nSPS) is 11.8. The summed E-state index contributed by atoms with van der Waals surface area (Å²) < 4.78 is 13.3. The predicted octanol–water partition coefficient (Wildman–Crippen LogP) is 4.27. The van der Waals surface area contributed by atoms with Crippen molar-refractivity contribution < 1.29 is 9.18 Å². The molecule has 0 aliphatic carbocycles. The first-order valence-corrected chi connectivity index (χ1v) is 6.86.